The van der Waals surface area contributed by atoms with Gasteiger partial charge in [-0.25, -0.2) is 9.59 Å². The molecule has 3 N–H and O–H groups in total. The number of hydrogen-bond acceptors (Lipinski definition) is 9. The summed E-state index contributed by atoms with van der Waals surface area (Å²) in [6, 6.07) is 6.21. The molecule has 0 spiro atoms. The summed E-state index contributed by atoms with van der Waals surface area (Å²) in [6.07, 6.45) is -2.14. The predicted octanol–water partition coefficient (Wildman–Crippen LogP) is -1.59. The highest BCUT2D eigenvalue weighted by Gasteiger charge is 2.64. The minimum atomic E-state index is -1.18. The smallest absolute Gasteiger partial charge is 1.00 e. The van der Waals surface area contributed by atoms with E-state index >= 15 is 0 Å². The third-order valence-electron chi connectivity index (χ3n) is 5.21. The molecule has 2 fully saturated rings. The van der Waals surface area contributed by atoms with Gasteiger partial charge in [0.2, 0.25) is 18.1 Å². The number of thioether (sulfide) groups is 1. The molecular weight excluding hydrogens is 474 g/mol. The number of amides is 2. The van der Waals surface area contributed by atoms with Gasteiger partial charge in [0, 0.05) is 11.7 Å². The summed E-state index contributed by atoms with van der Waals surface area (Å²) >= 11 is 1.38. The number of nitrogens with zero attached hydrogens (tertiary/aromatic N) is 1. The molecule has 12 heteroatoms. The molecule has 10 nitrogen and oxygen atoms in total. The van der Waals surface area contributed by atoms with E-state index in [4.69, 9.17) is 15.2 Å². The maximum atomic E-state index is 12.8. The van der Waals surface area contributed by atoms with Crippen LogP contribution in [0.15, 0.2) is 30.3 Å². The first-order valence-corrected chi connectivity index (χ1v) is 11.1. The topological polar surface area (TPSA) is 137 Å². The van der Waals surface area contributed by atoms with Crippen molar-refractivity contribution in [2.24, 2.45) is 5.73 Å². The van der Waals surface area contributed by atoms with Crippen molar-refractivity contribution in [1.82, 2.24) is 10.2 Å². The molecule has 1 aromatic rings. The maximum absolute atomic E-state index is 12.8. The molecule has 2 heterocycles. The van der Waals surface area contributed by atoms with Crippen molar-refractivity contribution in [3.8, 4) is 0 Å². The number of ether oxygens (including phenoxy) is 3. The van der Waals surface area contributed by atoms with Crippen LogP contribution in [-0.2, 0) is 28.6 Å². The molecule has 0 radical (unpaired) electrons. The Bertz CT molecular complexity index is 908. The average molecular weight is 502 g/mol. The average Bonchev–Trinajstić information content (AvgIpc) is 2.99. The van der Waals surface area contributed by atoms with E-state index < -0.39 is 58.5 Å². The van der Waals surface area contributed by atoms with Crippen LogP contribution in [0.1, 0.15) is 40.7 Å². The van der Waals surface area contributed by atoms with Crippen LogP contribution in [0.4, 0.5) is 4.79 Å². The van der Waals surface area contributed by atoms with Crippen molar-refractivity contribution in [3.05, 3.63) is 35.9 Å². The van der Waals surface area contributed by atoms with Gasteiger partial charge in [-0.15, -0.1) is 11.8 Å². The third-order valence-corrected chi connectivity index (χ3v) is 6.78. The predicted molar refractivity (Wildman–Crippen MR) is 116 cm³/mol. The van der Waals surface area contributed by atoms with E-state index in [1.54, 1.807) is 45.0 Å². The van der Waals surface area contributed by atoms with Crippen molar-refractivity contribution in [2.45, 2.75) is 62.2 Å². The molecule has 2 unspecified atom stereocenters. The lowest BCUT2D eigenvalue weighted by Crippen LogP contribution is -3.00. The lowest BCUT2D eigenvalue weighted by atomic mass is 9.95. The number of β-lactam (4-membered cyclic amide) rings is 1. The molecule has 2 aliphatic heterocycles. The van der Waals surface area contributed by atoms with E-state index in [0.29, 0.717) is 5.56 Å². The number of esters is 1. The van der Waals surface area contributed by atoms with Crippen LogP contribution in [0, 0.1) is 0 Å². The quantitative estimate of drug-likeness (QED) is 0.257. The maximum Gasteiger partial charge on any atom is 1.00 e. The molecule has 2 amide bonds. The van der Waals surface area contributed by atoms with Crippen LogP contribution >= 0.6 is 11.8 Å². The standard InChI is InChI=1S/C21H27N3O7S.ClH/c1-5-29-20(28)31-11(2)30-19(27)15-21(3,4)32-18-14(17(26)24(15)18)23-16(25)13(22)12-9-7-6-8-10-12;/h6-11,13-15,18H,5,22H2,1-4H3,(H,23,25);1H/t11?,13-,14?,15+,18-;/m1./s1. The minimum absolute atomic E-state index is 0. The summed E-state index contributed by atoms with van der Waals surface area (Å²) < 4.78 is 14.0. The number of fused-ring (bicyclic) bond motifs is 1. The van der Waals surface area contributed by atoms with Crippen LogP contribution in [0.25, 0.3) is 0 Å². The Labute approximate surface area is 203 Å². The highest BCUT2D eigenvalue weighted by Crippen LogP contribution is 2.51. The second-order valence-corrected chi connectivity index (χ2v) is 9.71. The first-order valence-electron chi connectivity index (χ1n) is 10.2. The fourth-order valence-electron chi connectivity index (χ4n) is 3.72. The fraction of sp³-hybridized carbons (Fsp3) is 0.524. The highest BCUT2D eigenvalue weighted by atomic mass is 35.5. The number of nitrogens with two attached hydrogens (primary N) is 1. The SMILES string of the molecule is CCOC(=O)OC(C)OC(=O)[C@@H]1N2C(=O)C(NC(=O)[C@H](N)c3ccccc3)[C@H]2SC1(C)C.[Cl-].[H+]. The number of carbonyl (C=O) groups is 4. The summed E-state index contributed by atoms with van der Waals surface area (Å²) in [6.45, 7) is 6.74. The van der Waals surface area contributed by atoms with Gasteiger partial charge in [-0.05, 0) is 26.3 Å². The molecule has 0 aromatic heterocycles. The number of hydrogen-bond donors (Lipinski definition) is 2. The van der Waals surface area contributed by atoms with Crippen molar-refractivity contribution >= 4 is 35.7 Å². The van der Waals surface area contributed by atoms with Gasteiger partial charge in [-0.3, -0.25) is 9.59 Å². The van der Waals surface area contributed by atoms with E-state index in [-0.39, 0.29) is 20.4 Å². The zero-order valence-corrected chi connectivity index (χ0v) is 20.2. The Kier molecular flexibility index (Phi) is 8.61. The van der Waals surface area contributed by atoms with Crippen LogP contribution in [-0.4, -0.2) is 63.9 Å². The van der Waals surface area contributed by atoms with Crippen LogP contribution < -0.4 is 23.5 Å². The molecule has 5 atom stereocenters. The summed E-state index contributed by atoms with van der Waals surface area (Å²) in [7, 11) is 0. The Morgan fingerprint density at radius 1 is 1.24 bits per heavy atom. The number of benzene rings is 1. The van der Waals surface area contributed by atoms with Gasteiger partial charge in [-0.2, -0.15) is 0 Å². The Hall–Kier alpha value is -2.50. The zero-order valence-electron chi connectivity index (χ0n) is 19.6. The largest absolute Gasteiger partial charge is 1.00 e. The van der Waals surface area contributed by atoms with Gasteiger partial charge in [0.25, 0.3) is 0 Å². The van der Waals surface area contributed by atoms with E-state index in [1.165, 1.54) is 23.6 Å². The lowest BCUT2D eigenvalue weighted by Gasteiger charge is -2.44. The van der Waals surface area contributed by atoms with Crippen LogP contribution in [0.2, 0.25) is 0 Å². The van der Waals surface area contributed by atoms with Crippen molar-refractivity contribution in [1.29, 1.82) is 0 Å². The summed E-state index contributed by atoms with van der Waals surface area (Å²) in [4.78, 5) is 51.0. The Balaban J connectivity index is 0.00000289. The van der Waals surface area contributed by atoms with E-state index in [1.807, 2.05) is 6.07 Å². The minimum Gasteiger partial charge on any atom is -1.00 e. The van der Waals surface area contributed by atoms with Gasteiger partial charge in [0.1, 0.15) is 23.5 Å². The second kappa shape index (κ2) is 10.6. The van der Waals surface area contributed by atoms with Gasteiger partial charge < -0.3 is 42.6 Å². The van der Waals surface area contributed by atoms with Crippen LogP contribution in [0.3, 0.4) is 0 Å². The van der Waals surface area contributed by atoms with Gasteiger partial charge >= 0.3 is 13.6 Å². The first-order chi connectivity index (χ1) is 15.1. The molecule has 1 aromatic carbocycles. The van der Waals surface area contributed by atoms with E-state index in [2.05, 4.69) is 10.1 Å². The van der Waals surface area contributed by atoms with Crippen LogP contribution in [0.5, 0.6) is 0 Å². The number of carbonyl (C=O) groups excluding carboxylic acids is 4. The lowest BCUT2D eigenvalue weighted by molar-refractivity contribution is -0.180. The first kappa shape index (κ1) is 26.7. The summed E-state index contributed by atoms with van der Waals surface area (Å²) in [5, 5.41) is 2.26. The van der Waals surface area contributed by atoms with Gasteiger partial charge in [-0.1, -0.05) is 30.3 Å². The number of halogens is 1. The molecule has 182 valence electrons. The Morgan fingerprint density at radius 2 is 1.88 bits per heavy atom. The van der Waals surface area contributed by atoms with Crippen molar-refractivity contribution in [2.75, 3.05) is 6.61 Å². The number of nitrogens with one attached hydrogen (secondary N) is 1. The monoisotopic (exact) mass is 501 g/mol. The van der Waals surface area contributed by atoms with Gasteiger partial charge in [0.15, 0.2) is 0 Å². The van der Waals surface area contributed by atoms with Crippen molar-refractivity contribution in [3.63, 3.8) is 0 Å². The molecule has 3 rings (SSSR count). The van der Waals surface area contributed by atoms with E-state index in [0.717, 1.165) is 0 Å². The van der Waals surface area contributed by atoms with Crippen molar-refractivity contribution < 1.29 is 47.2 Å². The molecular formula is C21H28ClN3O7S. The van der Waals surface area contributed by atoms with Gasteiger partial charge in [0.05, 0.1) is 6.61 Å². The normalized spacial score (nSPS) is 24.3. The number of rotatable bonds is 7. The summed E-state index contributed by atoms with van der Waals surface area (Å²) in [5.74, 6) is -1.58. The highest BCUT2D eigenvalue weighted by molar-refractivity contribution is 8.01. The molecule has 33 heavy (non-hydrogen) atoms. The molecule has 0 aliphatic carbocycles. The summed E-state index contributed by atoms with van der Waals surface area (Å²) in [5.41, 5.74) is 6.65. The fourth-order valence-corrected chi connectivity index (χ4v) is 5.34. The van der Waals surface area contributed by atoms with E-state index in [9.17, 15) is 19.2 Å². The Morgan fingerprint density at radius 3 is 2.48 bits per heavy atom. The molecule has 0 saturated carbocycles. The molecule has 2 saturated heterocycles. The molecule has 2 aliphatic rings. The zero-order chi connectivity index (χ0) is 23.6. The second-order valence-electron chi connectivity index (χ2n) is 7.94. The molecule has 0 bridgehead atoms. The third kappa shape index (κ3) is 5.53.